The summed E-state index contributed by atoms with van der Waals surface area (Å²) in [5.41, 5.74) is 8.10. The van der Waals surface area contributed by atoms with Gasteiger partial charge < -0.3 is 15.8 Å². The first-order valence-electron chi connectivity index (χ1n) is 6.79. The fourth-order valence-electron chi connectivity index (χ4n) is 2.00. The molecule has 0 aliphatic rings. The summed E-state index contributed by atoms with van der Waals surface area (Å²) in [5.74, 6) is 1.54. The van der Waals surface area contributed by atoms with E-state index in [1.165, 1.54) is 11.1 Å². The van der Waals surface area contributed by atoms with Gasteiger partial charge in [0.1, 0.15) is 5.75 Å². The zero-order chi connectivity index (χ0) is 13.4. The third kappa shape index (κ3) is 5.07. The Kier molecular flexibility index (Phi) is 6.76. The third-order valence-electron chi connectivity index (χ3n) is 2.95. The van der Waals surface area contributed by atoms with Crippen molar-refractivity contribution < 1.29 is 4.74 Å². The second-order valence-electron chi connectivity index (χ2n) is 4.91. The zero-order valence-corrected chi connectivity index (χ0v) is 11.8. The summed E-state index contributed by atoms with van der Waals surface area (Å²) in [6.07, 6.45) is 1.00. The molecule has 0 aliphatic carbocycles. The highest BCUT2D eigenvalue weighted by molar-refractivity contribution is 5.36. The first kappa shape index (κ1) is 15.0. The summed E-state index contributed by atoms with van der Waals surface area (Å²) in [6.45, 7) is 9.85. The smallest absolute Gasteiger partial charge is 0.119 e. The lowest BCUT2D eigenvalue weighted by Crippen LogP contribution is -2.24. The van der Waals surface area contributed by atoms with E-state index in [2.05, 4.69) is 44.3 Å². The predicted octanol–water partition coefficient (Wildman–Crippen LogP) is 2.44. The highest BCUT2D eigenvalue weighted by Gasteiger charge is 2.04. The van der Waals surface area contributed by atoms with Crippen LogP contribution in [0, 0.1) is 6.92 Å². The molecule has 0 fully saturated rings. The molecule has 0 saturated carbocycles. The van der Waals surface area contributed by atoms with Gasteiger partial charge in [-0.25, -0.2) is 0 Å². The fourth-order valence-corrected chi connectivity index (χ4v) is 2.00. The van der Waals surface area contributed by atoms with Crippen LogP contribution in [0.1, 0.15) is 37.3 Å². The standard InChI is InChI=1S/C15H26N2O/c1-12(2)15-6-5-14(11-13(15)3)18-10-4-8-17-9-7-16/h5-6,11-12,17H,4,7-10,16H2,1-3H3. The van der Waals surface area contributed by atoms with Crippen molar-refractivity contribution in [3.8, 4) is 5.75 Å². The minimum atomic E-state index is 0.569. The van der Waals surface area contributed by atoms with Gasteiger partial charge in [0, 0.05) is 13.1 Å². The van der Waals surface area contributed by atoms with E-state index in [0.717, 1.165) is 31.9 Å². The summed E-state index contributed by atoms with van der Waals surface area (Å²) in [6, 6.07) is 6.36. The molecule has 0 aromatic heterocycles. The molecule has 3 heteroatoms. The molecule has 102 valence electrons. The molecule has 1 aromatic carbocycles. The minimum Gasteiger partial charge on any atom is -0.494 e. The van der Waals surface area contributed by atoms with E-state index in [1.54, 1.807) is 0 Å². The van der Waals surface area contributed by atoms with Gasteiger partial charge in [0.05, 0.1) is 6.61 Å². The van der Waals surface area contributed by atoms with Crippen LogP contribution in [0.3, 0.4) is 0 Å². The maximum atomic E-state index is 5.73. The van der Waals surface area contributed by atoms with E-state index in [4.69, 9.17) is 10.5 Å². The molecule has 0 amide bonds. The van der Waals surface area contributed by atoms with Gasteiger partial charge in [0.15, 0.2) is 0 Å². The SMILES string of the molecule is Cc1cc(OCCCNCCN)ccc1C(C)C. The highest BCUT2D eigenvalue weighted by Crippen LogP contribution is 2.23. The molecule has 1 aromatic rings. The predicted molar refractivity (Wildman–Crippen MR) is 77.3 cm³/mol. The van der Waals surface area contributed by atoms with Gasteiger partial charge in [-0.3, -0.25) is 0 Å². The normalized spacial score (nSPS) is 10.9. The quantitative estimate of drug-likeness (QED) is 0.697. The lowest BCUT2D eigenvalue weighted by atomic mass is 9.98. The Morgan fingerprint density at radius 2 is 2.06 bits per heavy atom. The van der Waals surface area contributed by atoms with Gasteiger partial charge >= 0.3 is 0 Å². The number of hydrogen-bond acceptors (Lipinski definition) is 3. The first-order valence-corrected chi connectivity index (χ1v) is 6.79. The molecule has 0 atom stereocenters. The van der Waals surface area contributed by atoms with Crippen molar-refractivity contribution in [1.29, 1.82) is 0 Å². The van der Waals surface area contributed by atoms with Crippen molar-refractivity contribution in [2.75, 3.05) is 26.2 Å². The Morgan fingerprint density at radius 1 is 1.28 bits per heavy atom. The Bertz CT molecular complexity index is 350. The lowest BCUT2D eigenvalue weighted by Gasteiger charge is -2.12. The van der Waals surface area contributed by atoms with E-state index in [1.807, 2.05) is 0 Å². The number of aryl methyl sites for hydroxylation is 1. The van der Waals surface area contributed by atoms with Crippen molar-refractivity contribution in [2.24, 2.45) is 5.73 Å². The molecule has 18 heavy (non-hydrogen) atoms. The van der Waals surface area contributed by atoms with Crippen LogP contribution in [0.4, 0.5) is 0 Å². The van der Waals surface area contributed by atoms with Crippen molar-refractivity contribution >= 4 is 0 Å². The second kappa shape index (κ2) is 8.11. The summed E-state index contributed by atoms with van der Waals surface area (Å²) < 4.78 is 5.73. The number of rotatable bonds is 8. The average Bonchev–Trinajstić information content (AvgIpc) is 2.33. The van der Waals surface area contributed by atoms with E-state index >= 15 is 0 Å². The minimum absolute atomic E-state index is 0.569. The maximum absolute atomic E-state index is 5.73. The van der Waals surface area contributed by atoms with Crippen molar-refractivity contribution in [1.82, 2.24) is 5.32 Å². The first-order chi connectivity index (χ1) is 8.65. The summed E-state index contributed by atoms with van der Waals surface area (Å²) in [5, 5.41) is 3.25. The summed E-state index contributed by atoms with van der Waals surface area (Å²) in [7, 11) is 0. The largest absolute Gasteiger partial charge is 0.494 e. The number of benzene rings is 1. The van der Waals surface area contributed by atoms with Gasteiger partial charge in [-0.05, 0) is 49.1 Å². The third-order valence-corrected chi connectivity index (χ3v) is 2.95. The Morgan fingerprint density at radius 3 is 2.67 bits per heavy atom. The van der Waals surface area contributed by atoms with Crippen molar-refractivity contribution in [3.63, 3.8) is 0 Å². The van der Waals surface area contributed by atoms with Crippen LogP contribution in [-0.4, -0.2) is 26.2 Å². The van der Waals surface area contributed by atoms with Gasteiger partial charge in [-0.1, -0.05) is 19.9 Å². The zero-order valence-electron chi connectivity index (χ0n) is 11.8. The Labute approximate surface area is 111 Å². The van der Waals surface area contributed by atoms with Gasteiger partial charge in [0.2, 0.25) is 0 Å². The van der Waals surface area contributed by atoms with Crippen LogP contribution in [0.25, 0.3) is 0 Å². The number of nitrogens with two attached hydrogens (primary N) is 1. The van der Waals surface area contributed by atoms with E-state index in [-0.39, 0.29) is 0 Å². The highest BCUT2D eigenvalue weighted by atomic mass is 16.5. The van der Waals surface area contributed by atoms with Gasteiger partial charge in [-0.15, -0.1) is 0 Å². The number of nitrogens with one attached hydrogen (secondary N) is 1. The van der Waals surface area contributed by atoms with Crippen LogP contribution < -0.4 is 15.8 Å². The Balaban J connectivity index is 2.33. The second-order valence-corrected chi connectivity index (χ2v) is 4.91. The number of hydrogen-bond donors (Lipinski definition) is 2. The molecule has 0 spiro atoms. The lowest BCUT2D eigenvalue weighted by molar-refractivity contribution is 0.308. The van der Waals surface area contributed by atoms with E-state index in [9.17, 15) is 0 Å². The molecule has 1 rings (SSSR count). The topological polar surface area (TPSA) is 47.3 Å². The van der Waals surface area contributed by atoms with Crippen LogP contribution >= 0.6 is 0 Å². The molecule has 0 unspecified atom stereocenters. The van der Waals surface area contributed by atoms with Gasteiger partial charge in [0.25, 0.3) is 0 Å². The van der Waals surface area contributed by atoms with Gasteiger partial charge in [-0.2, -0.15) is 0 Å². The van der Waals surface area contributed by atoms with Crippen molar-refractivity contribution in [3.05, 3.63) is 29.3 Å². The van der Waals surface area contributed by atoms with Crippen LogP contribution in [0.2, 0.25) is 0 Å². The molecule has 0 bridgehead atoms. The summed E-state index contributed by atoms with van der Waals surface area (Å²) in [4.78, 5) is 0. The molecule has 0 heterocycles. The molecule has 0 saturated heterocycles. The maximum Gasteiger partial charge on any atom is 0.119 e. The molecule has 0 aliphatic heterocycles. The molecule has 3 N–H and O–H groups in total. The fraction of sp³-hybridized carbons (Fsp3) is 0.600. The Hall–Kier alpha value is -1.06. The van der Waals surface area contributed by atoms with Crippen molar-refractivity contribution in [2.45, 2.75) is 33.1 Å². The molecule has 3 nitrogen and oxygen atoms in total. The average molecular weight is 250 g/mol. The van der Waals surface area contributed by atoms with E-state index in [0.29, 0.717) is 12.5 Å². The van der Waals surface area contributed by atoms with Crippen LogP contribution in [0.15, 0.2) is 18.2 Å². The molecular formula is C15H26N2O. The molecular weight excluding hydrogens is 224 g/mol. The van der Waals surface area contributed by atoms with E-state index < -0.39 is 0 Å². The monoisotopic (exact) mass is 250 g/mol. The molecule has 0 radical (unpaired) electrons. The number of ether oxygens (including phenoxy) is 1. The van der Waals surface area contributed by atoms with Crippen LogP contribution in [-0.2, 0) is 0 Å². The summed E-state index contributed by atoms with van der Waals surface area (Å²) >= 11 is 0. The van der Waals surface area contributed by atoms with Crippen LogP contribution in [0.5, 0.6) is 5.75 Å².